The highest BCUT2D eigenvalue weighted by atomic mass is 16.2. The third kappa shape index (κ3) is 7.21. The molecule has 3 rings (SSSR count). The molecule has 0 spiro atoms. The van der Waals surface area contributed by atoms with E-state index in [9.17, 15) is 9.59 Å². The SMILES string of the molecule is Cc1cccc(C(=O)NCC2CCC(CNC(=O)NCCc3ccccc3)CC2)c1. The van der Waals surface area contributed by atoms with Crippen LogP contribution in [-0.2, 0) is 6.42 Å². The van der Waals surface area contributed by atoms with Crippen LogP contribution < -0.4 is 16.0 Å². The Morgan fingerprint density at radius 2 is 1.50 bits per heavy atom. The van der Waals surface area contributed by atoms with E-state index in [0.29, 0.717) is 18.4 Å². The summed E-state index contributed by atoms with van der Waals surface area (Å²) in [6.45, 7) is 4.09. The number of hydrogen-bond acceptors (Lipinski definition) is 2. The van der Waals surface area contributed by atoms with Gasteiger partial charge < -0.3 is 16.0 Å². The maximum atomic E-state index is 12.3. The van der Waals surface area contributed by atoms with E-state index in [1.54, 1.807) is 0 Å². The first-order valence-electron chi connectivity index (χ1n) is 11.0. The van der Waals surface area contributed by atoms with Gasteiger partial charge >= 0.3 is 6.03 Å². The van der Waals surface area contributed by atoms with Gasteiger partial charge in [0.05, 0.1) is 0 Å². The summed E-state index contributed by atoms with van der Waals surface area (Å²) in [4.78, 5) is 24.3. The van der Waals surface area contributed by atoms with Crippen molar-refractivity contribution >= 4 is 11.9 Å². The average Bonchev–Trinajstić information content (AvgIpc) is 2.77. The lowest BCUT2D eigenvalue weighted by Crippen LogP contribution is -2.40. The van der Waals surface area contributed by atoms with Gasteiger partial charge in [-0.25, -0.2) is 4.79 Å². The maximum Gasteiger partial charge on any atom is 0.314 e. The van der Waals surface area contributed by atoms with Gasteiger partial charge in [0.2, 0.25) is 0 Å². The van der Waals surface area contributed by atoms with E-state index in [-0.39, 0.29) is 11.9 Å². The molecule has 3 amide bonds. The molecule has 2 aromatic carbocycles. The van der Waals surface area contributed by atoms with E-state index in [1.807, 2.05) is 49.4 Å². The van der Waals surface area contributed by atoms with Crippen molar-refractivity contribution in [3.8, 4) is 0 Å². The van der Waals surface area contributed by atoms with Crippen molar-refractivity contribution in [1.29, 1.82) is 0 Å². The van der Waals surface area contributed by atoms with Crippen LogP contribution in [0.2, 0.25) is 0 Å². The molecule has 2 aromatic rings. The fourth-order valence-electron chi connectivity index (χ4n) is 4.03. The minimum Gasteiger partial charge on any atom is -0.352 e. The molecule has 0 bridgehead atoms. The minimum atomic E-state index is -0.0847. The molecular formula is C25H33N3O2. The first-order valence-corrected chi connectivity index (χ1v) is 11.0. The van der Waals surface area contributed by atoms with Crippen molar-refractivity contribution in [2.24, 2.45) is 11.8 Å². The second-order valence-corrected chi connectivity index (χ2v) is 8.34. The molecule has 1 aliphatic rings. The summed E-state index contributed by atoms with van der Waals surface area (Å²) in [7, 11) is 0. The summed E-state index contributed by atoms with van der Waals surface area (Å²) in [6.07, 6.45) is 5.21. The summed E-state index contributed by atoms with van der Waals surface area (Å²) >= 11 is 0. The Bertz CT molecular complexity index is 814. The van der Waals surface area contributed by atoms with Crippen molar-refractivity contribution in [3.05, 3.63) is 71.3 Å². The molecule has 0 aromatic heterocycles. The van der Waals surface area contributed by atoms with Crippen molar-refractivity contribution in [1.82, 2.24) is 16.0 Å². The number of rotatable bonds is 8. The lowest BCUT2D eigenvalue weighted by atomic mass is 9.82. The number of hydrogen-bond donors (Lipinski definition) is 3. The summed E-state index contributed by atoms with van der Waals surface area (Å²) in [5.41, 5.74) is 3.05. The minimum absolute atomic E-state index is 0.00895. The van der Waals surface area contributed by atoms with E-state index in [4.69, 9.17) is 0 Å². The Kier molecular flexibility index (Phi) is 8.30. The van der Waals surface area contributed by atoms with Crippen molar-refractivity contribution in [2.45, 2.75) is 39.0 Å². The summed E-state index contributed by atoms with van der Waals surface area (Å²) in [6, 6.07) is 17.8. The van der Waals surface area contributed by atoms with Crippen LogP contribution in [0.4, 0.5) is 4.79 Å². The van der Waals surface area contributed by atoms with Gasteiger partial charge in [-0.05, 0) is 68.6 Å². The molecule has 30 heavy (non-hydrogen) atoms. The molecule has 0 atom stereocenters. The number of carbonyl (C=O) groups is 2. The highest BCUT2D eigenvalue weighted by molar-refractivity contribution is 5.94. The second-order valence-electron chi connectivity index (χ2n) is 8.34. The van der Waals surface area contributed by atoms with Gasteiger partial charge in [-0.3, -0.25) is 4.79 Å². The monoisotopic (exact) mass is 407 g/mol. The Hall–Kier alpha value is -2.82. The zero-order valence-corrected chi connectivity index (χ0v) is 17.8. The van der Waals surface area contributed by atoms with Gasteiger partial charge in [-0.1, -0.05) is 48.0 Å². The van der Waals surface area contributed by atoms with Gasteiger partial charge in [0.25, 0.3) is 5.91 Å². The second kappa shape index (κ2) is 11.4. The van der Waals surface area contributed by atoms with E-state index in [2.05, 4.69) is 28.1 Å². The fraction of sp³-hybridized carbons (Fsp3) is 0.440. The largest absolute Gasteiger partial charge is 0.352 e. The predicted octanol–water partition coefficient (Wildman–Crippen LogP) is 4.07. The normalized spacial score (nSPS) is 18.4. The number of benzene rings is 2. The van der Waals surface area contributed by atoms with Crippen LogP contribution in [0.5, 0.6) is 0 Å². The zero-order chi connectivity index (χ0) is 21.2. The van der Waals surface area contributed by atoms with Crippen LogP contribution in [0.15, 0.2) is 54.6 Å². The predicted molar refractivity (Wildman–Crippen MR) is 121 cm³/mol. The smallest absolute Gasteiger partial charge is 0.314 e. The molecule has 1 saturated carbocycles. The van der Waals surface area contributed by atoms with Crippen LogP contribution in [0, 0.1) is 18.8 Å². The molecule has 0 saturated heterocycles. The Morgan fingerprint density at radius 3 is 2.17 bits per heavy atom. The quantitative estimate of drug-likeness (QED) is 0.617. The third-order valence-electron chi connectivity index (χ3n) is 5.89. The molecule has 5 nitrogen and oxygen atoms in total. The summed E-state index contributed by atoms with van der Waals surface area (Å²) in [5.74, 6) is 1.05. The van der Waals surface area contributed by atoms with E-state index >= 15 is 0 Å². The Morgan fingerprint density at radius 1 is 0.833 bits per heavy atom. The number of amides is 3. The molecule has 160 valence electrons. The molecule has 0 unspecified atom stereocenters. The van der Waals surface area contributed by atoms with Crippen molar-refractivity contribution in [3.63, 3.8) is 0 Å². The summed E-state index contributed by atoms with van der Waals surface area (Å²) in [5, 5.41) is 9.02. The standard InChI is InChI=1S/C25H33N3O2/c1-19-6-5-9-23(16-19)24(29)27-17-21-10-12-22(13-11-21)18-28-25(30)26-15-14-20-7-3-2-4-8-20/h2-9,16,21-22H,10-15,17-18H2,1H3,(H,27,29)(H2,26,28,30). The van der Waals surface area contributed by atoms with Crippen molar-refractivity contribution in [2.75, 3.05) is 19.6 Å². The average molecular weight is 408 g/mol. The van der Waals surface area contributed by atoms with Crippen LogP contribution in [-0.4, -0.2) is 31.6 Å². The number of nitrogens with one attached hydrogen (secondary N) is 3. The number of aryl methyl sites for hydroxylation is 1. The van der Waals surface area contributed by atoms with Gasteiger partial charge in [-0.2, -0.15) is 0 Å². The molecule has 1 aliphatic carbocycles. The van der Waals surface area contributed by atoms with Crippen LogP contribution in [0.3, 0.4) is 0 Å². The Labute approximate surface area is 179 Å². The van der Waals surface area contributed by atoms with Gasteiger partial charge in [0.15, 0.2) is 0 Å². The third-order valence-corrected chi connectivity index (χ3v) is 5.89. The lowest BCUT2D eigenvalue weighted by Gasteiger charge is -2.28. The Balaban J connectivity index is 1.27. The van der Waals surface area contributed by atoms with Crippen LogP contribution in [0.25, 0.3) is 0 Å². The molecular weight excluding hydrogens is 374 g/mol. The molecule has 3 N–H and O–H groups in total. The molecule has 0 radical (unpaired) electrons. The van der Waals surface area contributed by atoms with Crippen LogP contribution in [0.1, 0.15) is 47.2 Å². The van der Waals surface area contributed by atoms with E-state index in [0.717, 1.165) is 56.3 Å². The fourth-order valence-corrected chi connectivity index (χ4v) is 4.03. The van der Waals surface area contributed by atoms with E-state index < -0.39 is 0 Å². The molecule has 0 aliphatic heterocycles. The highest BCUT2D eigenvalue weighted by Crippen LogP contribution is 2.28. The highest BCUT2D eigenvalue weighted by Gasteiger charge is 2.22. The van der Waals surface area contributed by atoms with Crippen LogP contribution >= 0.6 is 0 Å². The number of urea groups is 1. The van der Waals surface area contributed by atoms with Gasteiger partial charge in [0.1, 0.15) is 0 Å². The van der Waals surface area contributed by atoms with Gasteiger partial charge in [0, 0.05) is 25.2 Å². The zero-order valence-electron chi connectivity index (χ0n) is 17.8. The molecule has 5 heteroatoms. The van der Waals surface area contributed by atoms with Gasteiger partial charge in [-0.15, -0.1) is 0 Å². The topological polar surface area (TPSA) is 70.2 Å². The maximum absolute atomic E-state index is 12.3. The van der Waals surface area contributed by atoms with E-state index in [1.165, 1.54) is 5.56 Å². The molecule has 0 heterocycles. The first kappa shape index (κ1) is 21.9. The lowest BCUT2D eigenvalue weighted by molar-refractivity contribution is 0.0941. The first-order chi connectivity index (χ1) is 14.6. The summed E-state index contributed by atoms with van der Waals surface area (Å²) < 4.78 is 0. The number of carbonyl (C=O) groups excluding carboxylic acids is 2. The van der Waals surface area contributed by atoms with Crippen molar-refractivity contribution < 1.29 is 9.59 Å². The molecule has 1 fully saturated rings.